The monoisotopic (exact) mass is 1050 g/mol. The molecule has 83 heavy (non-hydrogen) atoms. The fourth-order valence-corrected chi connectivity index (χ4v) is 14.4. The molecular weight excluding hydrogens is 1000 g/mol. The molecule has 1 heterocycles. The molecule has 0 radical (unpaired) electrons. The fourth-order valence-electron chi connectivity index (χ4n) is 14.4. The minimum absolute atomic E-state index is 0.710. The summed E-state index contributed by atoms with van der Waals surface area (Å²) in [6, 6.07) is 118. The molecule has 17 rings (SSSR count). The topological polar surface area (TPSA) is 6.48 Å². The lowest BCUT2D eigenvalue weighted by atomic mass is 9.64. The van der Waals surface area contributed by atoms with Crippen molar-refractivity contribution in [3.63, 3.8) is 0 Å². The number of rotatable bonds is 7. The Kier molecular flexibility index (Phi) is 10.6. The smallest absolute Gasteiger partial charge is 0.0754 e. The van der Waals surface area contributed by atoms with Crippen LogP contribution in [0.3, 0.4) is 0 Å². The van der Waals surface area contributed by atoms with E-state index in [1.807, 2.05) is 0 Å². The van der Waals surface area contributed by atoms with Gasteiger partial charge in [0.1, 0.15) is 0 Å². The highest BCUT2D eigenvalue weighted by molar-refractivity contribution is 6.15. The molecule has 0 saturated carbocycles. The molecule has 0 atom stereocenters. The van der Waals surface area contributed by atoms with E-state index in [2.05, 4.69) is 325 Å². The maximum atomic E-state index is 2.56. The van der Waals surface area contributed by atoms with E-state index in [0.29, 0.717) is 0 Å². The zero-order valence-electron chi connectivity index (χ0n) is 45.4. The predicted molar refractivity (Wildman–Crippen MR) is 351 cm³/mol. The molecule has 1 spiro atoms. The van der Waals surface area contributed by atoms with Crippen molar-refractivity contribution >= 4 is 88.0 Å². The van der Waals surface area contributed by atoms with Crippen molar-refractivity contribution in [2.24, 2.45) is 0 Å². The first-order valence-corrected chi connectivity index (χ1v) is 28.8. The lowest BCUT2D eigenvalue weighted by Gasteiger charge is -2.45. The number of fused-ring (bicyclic) bond motifs is 14. The van der Waals surface area contributed by atoms with Crippen molar-refractivity contribution < 1.29 is 0 Å². The number of benzene rings is 15. The Hall–Kier alpha value is -10.8. The summed E-state index contributed by atoms with van der Waals surface area (Å²) >= 11 is 0. The third-order valence-electron chi connectivity index (χ3n) is 18.0. The third-order valence-corrected chi connectivity index (χ3v) is 18.0. The molecule has 0 fully saturated rings. The highest BCUT2D eigenvalue weighted by Crippen LogP contribution is 2.64. The number of para-hydroxylation sites is 2. The first-order chi connectivity index (χ1) is 41.2. The normalized spacial score (nSPS) is 12.9. The van der Waals surface area contributed by atoms with Gasteiger partial charge in [0.25, 0.3) is 0 Å². The van der Waals surface area contributed by atoms with E-state index < -0.39 is 5.41 Å². The van der Waals surface area contributed by atoms with Crippen LogP contribution in [-0.2, 0) is 5.41 Å². The summed E-state index contributed by atoms with van der Waals surface area (Å²) in [7, 11) is 0. The van der Waals surface area contributed by atoms with Gasteiger partial charge in [0.15, 0.2) is 0 Å². The largest absolute Gasteiger partial charge is 0.310 e. The predicted octanol–water partition coefficient (Wildman–Crippen LogP) is 22.1. The van der Waals surface area contributed by atoms with Crippen molar-refractivity contribution in [3.8, 4) is 44.5 Å². The summed E-state index contributed by atoms with van der Waals surface area (Å²) in [6.45, 7) is 0. The number of nitrogens with zero attached hydrogens (tertiary/aromatic N) is 2. The van der Waals surface area contributed by atoms with Crippen LogP contribution in [0, 0.1) is 0 Å². The molecule has 0 saturated heterocycles. The molecule has 0 aromatic heterocycles. The van der Waals surface area contributed by atoms with Crippen molar-refractivity contribution in [2.45, 2.75) is 5.41 Å². The molecule has 2 aliphatic rings. The molecule has 1 aliphatic carbocycles. The second kappa shape index (κ2) is 18.6. The Balaban J connectivity index is 0.886. The van der Waals surface area contributed by atoms with Crippen LogP contribution in [0.5, 0.6) is 0 Å². The Labute approximate surface area is 482 Å². The average molecular weight is 1050 g/mol. The van der Waals surface area contributed by atoms with Crippen LogP contribution >= 0.6 is 0 Å². The van der Waals surface area contributed by atoms with Gasteiger partial charge in [-0.15, -0.1) is 0 Å². The standard InChI is InChI=1S/C81H52N2/c1-2-19-53(20-3-1)54-37-41-62(42-38-54)82(76-36-18-26-55-21-4-9-27-65(55)76)63-43-45-64(46-44-63)83-77-34-16-14-32-72(77)81(73-33-15-17-35-78(73)83)74-51-60(79-66-28-10-5-22-56(66)49-57-23-6-11-29-67(57)79)39-47-70(74)71-48-40-61(52-75(71)81)80-68-30-12-7-24-58(68)50-59-25-8-13-31-69(59)80/h1-52H. The average Bonchev–Trinajstić information content (AvgIpc) is 2.96. The van der Waals surface area contributed by atoms with Gasteiger partial charge in [-0.2, -0.15) is 0 Å². The third kappa shape index (κ3) is 7.16. The van der Waals surface area contributed by atoms with Crippen LogP contribution in [0.15, 0.2) is 315 Å². The summed E-state index contributed by atoms with van der Waals surface area (Å²) in [5.74, 6) is 0. The van der Waals surface area contributed by atoms with Crippen LogP contribution in [-0.4, -0.2) is 0 Å². The number of hydrogen-bond acceptors (Lipinski definition) is 2. The van der Waals surface area contributed by atoms with Gasteiger partial charge in [-0.1, -0.05) is 237 Å². The summed E-state index contributed by atoms with van der Waals surface area (Å²) in [5.41, 5.74) is 20.9. The van der Waals surface area contributed by atoms with E-state index in [1.165, 1.54) is 121 Å². The Morgan fingerprint density at radius 3 is 1.14 bits per heavy atom. The zero-order chi connectivity index (χ0) is 54.6. The first kappa shape index (κ1) is 47.1. The molecule has 15 aromatic rings. The molecule has 0 N–H and O–H groups in total. The number of anilines is 6. The summed E-state index contributed by atoms with van der Waals surface area (Å²) in [6.07, 6.45) is 0. The zero-order valence-corrected chi connectivity index (χ0v) is 45.4. The van der Waals surface area contributed by atoms with E-state index >= 15 is 0 Å². The highest BCUT2D eigenvalue weighted by Gasteiger charge is 2.52. The molecular formula is C81H52N2. The van der Waals surface area contributed by atoms with Crippen LogP contribution in [0.2, 0.25) is 0 Å². The van der Waals surface area contributed by atoms with Crippen LogP contribution in [0.4, 0.5) is 34.1 Å². The van der Waals surface area contributed by atoms with Gasteiger partial charge >= 0.3 is 0 Å². The van der Waals surface area contributed by atoms with Gasteiger partial charge in [0.05, 0.1) is 22.5 Å². The van der Waals surface area contributed by atoms with E-state index in [4.69, 9.17) is 0 Å². The van der Waals surface area contributed by atoms with Gasteiger partial charge < -0.3 is 9.80 Å². The van der Waals surface area contributed by atoms with Gasteiger partial charge in [-0.25, -0.2) is 0 Å². The molecule has 0 bridgehead atoms. The molecule has 0 amide bonds. The van der Waals surface area contributed by atoms with Gasteiger partial charge in [0.2, 0.25) is 0 Å². The SMILES string of the molecule is c1ccc(-c2ccc(N(c3ccc(N4c5ccccc5C5(c6cc(-c7c8ccccc8cc8ccccc78)ccc6-c6ccc(-c7c8ccccc8cc8ccccc78)cc65)c5ccccc54)cc3)c3cccc4ccccc34)cc2)cc1. The van der Waals surface area contributed by atoms with Crippen molar-refractivity contribution in [3.05, 3.63) is 338 Å². The van der Waals surface area contributed by atoms with Gasteiger partial charge in [-0.3, -0.25) is 0 Å². The van der Waals surface area contributed by atoms with Crippen LogP contribution < -0.4 is 9.80 Å². The molecule has 2 heteroatoms. The van der Waals surface area contributed by atoms with E-state index in [-0.39, 0.29) is 0 Å². The lowest BCUT2D eigenvalue weighted by molar-refractivity contribution is 0.753. The van der Waals surface area contributed by atoms with Crippen molar-refractivity contribution in [2.75, 3.05) is 9.80 Å². The minimum Gasteiger partial charge on any atom is -0.310 e. The highest BCUT2D eigenvalue weighted by atomic mass is 15.2. The Bertz CT molecular complexity index is 4760. The second-order valence-corrected chi connectivity index (χ2v) is 22.3. The van der Waals surface area contributed by atoms with Crippen LogP contribution in [0.1, 0.15) is 22.3 Å². The summed E-state index contributed by atoms with van der Waals surface area (Å²) < 4.78 is 0. The van der Waals surface area contributed by atoms with Crippen LogP contribution in [0.25, 0.3) is 98.4 Å². The Morgan fingerprint density at radius 1 is 0.253 bits per heavy atom. The second-order valence-electron chi connectivity index (χ2n) is 22.3. The lowest BCUT2D eigenvalue weighted by Crippen LogP contribution is -2.36. The van der Waals surface area contributed by atoms with E-state index in [0.717, 1.165) is 34.1 Å². The van der Waals surface area contributed by atoms with Gasteiger partial charge in [0, 0.05) is 22.4 Å². The molecule has 386 valence electrons. The molecule has 0 unspecified atom stereocenters. The Morgan fingerprint density at radius 2 is 0.639 bits per heavy atom. The van der Waals surface area contributed by atoms with Gasteiger partial charge in [-0.05, 0) is 194 Å². The van der Waals surface area contributed by atoms with Crippen molar-refractivity contribution in [1.82, 2.24) is 0 Å². The maximum absolute atomic E-state index is 2.56. The molecule has 2 nitrogen and oxygen atoms in total. The summed E-state index contributed by atoms with van der Waals surface area (Å²) in [5, 5.41) is 12.4. The van der Waals surface area contributed by atoms with Crippen molar-refractivity contribution in [1.29, 1.82) is 0 Å². The minimum atomic E-state index is -0.710. The van der Waals surface area contributed by atoms with E-state index in [1.54, 1.807) is 0 Å². The molecule has 1 aliphatic heterocycles. The molecule has 15 aromatic carbocycles. The van der Waals surface area contributed by atoms with E-state index in [9.17, 15) is 0 Å². The number of hydrogen-bond donors (Lipinski definition) is 0. The summed E-state index contributed by atoms with van der Waals surface area (Å²) in [4.78, 5) is 4.92. The first-order valence-electron chi connectivity index (χ1n) is 28.8. The maximum Gasteiger partial charge on any atom is 0.0754 e. The fraction of sp³-hybridized carbons (Fsp3) is 0.0123. The quantitative estimate of drug-likeness (QED) is 0.147.